The van der Waals surface area contributed by atoms with E-state index in [1.807, 2.05) is 6.07 Å². The number of carboxylic acid groups (broad SMARTS) is 1. The molecule has 1 unspecified atom stereocenters. The van der Waals surface area contributed by atoms with Gasteiger partial charge in [-0.3, -0.25) is 4.79 Å². The van der Waals surface area contributed by atoms with Gasteiger partial charge in [0.25, 0.3) is 0 Å². The summed E-state index contributed by atoms with van der Waals surface area (Å²) in [4.78, 5) is 10.7. The number of carbonyl (C=O) groups is 1. The van der Waals surface area contributed by atoms with Crippen LogP contribution in [0.25, 0.3) is 0 Å². The van der Waals surface area contributed by atoms with Crippen molar-refractivity contribution in [1.82, 2.24) is 15.0 Å². The maximum Gasteiger partial charge on any atom is 0.320 e. The van der Waals surface area contributed by atoms with Crippen molar-refractivity contribution < 1.29 is 14.6 Å². The minimum absolute atomic E-state index is 0.143. The molecule has 1 aromatic heterocycles. The fraction of sp³-hybridized carbons (Fsp3) is 0.308. The highest BCUT2D eigenvalue weighted by Gasteiger charge is 2.14. The molecule has 0 saturated carbocycles. The lowest BCUT2D eigenvalue weighted by Gasteiger charge is -2.06. The molecule has 0 spiro atoms. The molecule has 2 aromatic rings. The molecule has 7 nitrogen and oxygen atoms in total. The van der Waals surface area contributed by atoms with Crippen LogP contribution in [0.2, 0.25) is 5.02 Å². The number of halogens is 1. The zero-order valence-electron chi connectivity index (χ0n) is 11.1. The molecule has 0 saturated heterocycles. The first kappa shape index (κ1) is 15.3. The summed E-state index contributed by atoms with van der Waals surface area (Å²) in [7, 11) is 0. The van der Waals surface area contributed by atoms with Crippen LogP contribution in [-0.2, 0) is 17.8 Å². The Balaban J connectivity index is 1.81. The zero-order chi connectivity index (χ0) is 15.2. The summed E-state index contributed by atoms with van der Waals surface area (Å²) in [5.41, 5.74) is 5.97. The van der Waals surface area contributed by atoms with Crippen molar-refractivity contribution in [2.45, 2.75) is 19.0 Å². The van der Waals surface area contributed by atoms with Gasteiger partial charge < -0.3 is 15.6 Å². The quantitative estimate of drug-likeness (QED) is 0.789. The lowest BCUT2D eigenvalue weighted by Crippen LogP contribution is -2.32. The molecular weight excluding hydrogens is 296 g/mol. The Hall–Kier alpha value is -2.12. The molecule has 0 aliphatic carbocycles. The molecule has 1 heterocycles. The van der Waals surface area contributed by atoms with Gasteiger partial charge in [0.15, 0.2) is 0 Å². The van der Waals surface area contributed by atoms with E-state index in [0.717, 1.165) is 0 Å². The second kappa shape index (κ2) is 7.05. The third-order valence-electron chi connectivity index (χ3n) is 2.72. The second-order valence-corrected chi connectivity index (χ2v) is 4.86. The Labute approximate surface area is 126 Å². The van der Waals surface area contributed by atoms with Crippen LogP contribution in [0, 0.1) is 0 Å². The predicted molar refractivity (Wildman–Crippen MR) is 76.3 cm³/mol. The Morgan fingerprint density at radius 1 is 1.52 bits per heavy atom. The van der Waals surface area contributed by atoms with Gasteiger partial charge in [-0.2, -0.15) is 0 Å². The van der Waals surface area contributed by atoms with E-state index < -0.39 is 12.0 Å². The van der Waals surface area contributed by atoms with E-state index in [9.17, 15) is 4.79 Å². The molecule has 0 amide bonds. The molecule has 3 N–H and O–H groups in total. The van der Waals surface area contributed by atoms with Gasteiger partial charge in [0.05, 0.1) is 12.2 Å². The number of nitrogens with zero attached hydrogens (tertiary/aromatic N) is 3. The lowest BCUT2D eigenvalue weighted by atomic mass is 10.2. The van der Waals surface area contributed by atoms with Crippen LogP contribution in [-0.4, -0.2) is 38.7 Å². The van der Waals surface area contributed by atoms with Gasteiger partial charge in [-0.15, -0.1) is 5.10 Å². The molecular formula is C13H15ClN4O3. The van der Waals surface area contributed by atoms with E-state index in [1.165, 1.54) is 0 Å². The molecule has 8 heteroatoms. The Morgan fingerprint density at radius 2 is 2.33 bits per heavy atom. The number of ether oxygens (including phenoxy) is 1. The largest absolute Gasteiger partial charge is 0.492 e. The van der Waals surface area contributed by atoms with Gasteiger partial charge in [-0.1, -0.05) is 22.9 Å². The molecule has 21 heavy (non-hydrogen) atoms. The van der Waals surface area contributed by atoms with Crippen molar-refractivity contribution in [1.29, 1.82) is 0 Å². The monoisotopic (exact) mass is 310 g/mol. The number of benzene rings is 1. The van der Waals surface area contributed by atoms with Gasteiger partial charge in [0.1, 0.15) is 18.4 Å². The number of rotatable bonds is 7. The highest BCUT2D eigenvalue weighted by molar-refractivity contribution is 6.30. The number of hydrogen-bond donors (Lipinski definition) is 2. The van der Waals surface area contributed by atoms with Gasteiger partial charge in [-0.25, -0.2) is 4.68 Å². The van der Waals surface area contributed by atoms with Crippen molar-refractivity contribution in [3.05, 3.63) is 41.2 Å². The van der Waals surface area contributed by atoms with Gasteiger partial charge in [-0.05, 0) is 18.2 Å². The van der Waals surface area contributed by atoms with Crippen molar-refractivity contribution in [3.63, 3.8) is 0 Å². The maximum absolute atomic E-state index is 10.7. The third-order valence-corrected chi connectivity index (χ3v) is 2.95. The van der Waals surface area contributed by atoms with E-state index in [1.54, 1.807) is 29.1 Å². The van der Waals surface area contributed by atoms with Crippen LogP contribution in [0.4, 0.5) is 0 Å². The van der Waals surface area contributed by atoms with Crippen LogP contribution in [0.5, 0.6) is 5.75 Å². The summed E-state index contributed by atoms with van der Waals surface area (Å²) in [5, 5.41) is 17.1. The van der Waals surface area contributed by atoms with E-state index in [4.69, 9.17) is 27.2 Å². The van der Waals surface area contributed by atoms with Gasteiger partial charge in [0, 0.05) is 17.6 Å². The Kier molecular flexibility index (Phi) is 5.13. The number of aromatic nitrogens is 3. The van der Waals surface area contributed by atoms with E-state index >= 15 is 0 Å². The third kappa shape index (κ3) is 4.73. The van der Waals surface area contributed by atoms with Crippen LogP contribution in [0.15, 0.2) is 30.5 Å². The number of nitrogens with two attached hydrogens (primary N) is 1. The smallest absolute Gasteiger partial charge is 0.320 e. The van der Waals surface area contributed by atoms with Crippen molar-refractivity contribution in [2.75, 3.05) is 6.61 Å². The average Bonchev–Trinajstić information content (AvgIpc) is 2.86. The van der Waals surface area contributed by atoms with Crippen LogP contribution in [0.1, 0.15) is 5.69 Å². The standard InChI is InChI=1S/C13H15ClN4O3/c14-9-2-1-3-11(6-9)21-5-4-18-8-10(16-17-18)7-12(15)13(19)20/h1-3,6,8,12H,4-5,7,15H2,(H,19,20). The first-order valence-corrected chi connectivity index (χ1v) is 6.68. The summed E-state index contributed by atoms with van der Waals surface area (Å²) < 4.78 is 7.11. The molecule has 1 atom stereocenters. The molecule has 0 aliphatic rings. The fourth-order valence-corrected chi connectivity index (χ4v) is 1.85. The van der Waals surface area contributed by atoms with Crippen molar-refractivity contribution >= 4 is 17.6 Å². The van der Waals surface area contributed by atoms with Crippen LogP contribution in [0.3, 0.4) is 0 Å². The summed E-state index contributed by atoms with van der Waals surface area (Å²) in [5.74, 6) is -0.385. The maximum atomic E-state index is 10.7. The summed E-state index contributed by atoms with van der Waals surface area (Å²) in [6, 6.07) is 6.13. The number of aliphatic carboxylic acids is 1. The molecule has 0 aliphatic heterocycles. The molecule has 112 valence electrons. The second-order valence-electron chi connectivity index (χ2n) is 4.43. The van der Waals surface area contributed by atoms with Crippen LogP contribution >= 0.6 is 11.6 Å². The Morgan fingerprint density at radius 3 is 3.05 bits per heavy atom. The van der Waals surface area contributed by atoms with Gasteiger partial charge in [0.2, 0.25) is 0 Å². The highest BCUT2D eigenvalue weighted by atomic mass is 35.5. The first-order valence-electron chi connectivity index (χ1n) is 6.30. The van der Waals surface area contributed by atoms with Crippen molar-refractivity contribution in [2.24, 2.45) is 5.73 Å². The number of hydrogen-bond acceptors (Lipinski definition) is 5. The topological polar surface area (TPSA) is 103 Å². The zero-order valence-corrected chi connectivity index (χ0v) is 11.9. The molecule has 0 radical (unpaired) electrons. The number of carboxylic acids is 1. The minimum Gasteiger partial charge on any atom is -0.492 e. The van der Waals surface area contributed by atoms with Gasteiger partial charge >= 0.3 is 5.97 Å². The van der Waals surface area contributed by atoms with E-state index in [2.05, 4.69) is 10.3 Å². The molecule has 1 aromatic carbocycles. The van der Waals surface area contributed by atoms with E-state index in [0.29, 0.717) is 29.6 Å². The molecule has 0 fully saturated rings. The highest BCUT2D eigenvalue weighted by Crippen LogP contribution is 2.16. The molecule has 0 bridgehead atoms. The fourth-order valence-electron chi connectivity index (χ4n) is 1.67. The SMILES string of the molecule is NC(Cc1cn(CCOc2cccc(Cl)c2)nn1)C(=O)O. The van der Waals surface area contributed by atoms with E-state index in [-0.39, 0.29) is 6.42 Å². The Bertz CT molecular complexity index is 617. The average molecular weight is 311 g/mol. The van der Waals surface area contributed by atoms with Crippen molar-refractivity contribution in [3.8, 4) is 5.75 Å². The summed E-state index contributed by atoms with van der Waals surface area (Å²) in [6.45, 7) is 0.885. The minimum atomic E-state index is -1.06. The molecule has 2 rings (SSSR count). The summed E-state index contributed by atoms with van der Waals surface area (Å²) >= 11 is 5.85. The lowest BCUT2D eigenvalue weighted by molar-refractivity contribution is -0.138. The predicted octanol–water partition coefficient (Wildman–Crippen LogP) is 0.965. The first-order chi connectivity index (χ1) is 10.0. The van der Waals surface area contributed by atoms with Crippen LogP contribution < -0.4 is 10.5 Å². The normalized spacial score (nSPS) is 12.1. The summed E-state index contributed by atoms with van der Waals surface area (Å²) in [6.07, 6.45) is 1.80.